The van der Waals surface area contributed by atoms with Gasteiger partial charge in [-0.1, -0.05) is 41.7 Å². The van der Waals surface area contributed by atoms with Gasteiger partial charge in [0.2, 0.25) is 0 Å². The Hall–Kier alpha value is -3.43. The number of amides is 1. The summed E-state index contributed by atoms with van der Waals surface area (Å²) in [5.41, 5.74) is 3.18. The second-order valence-corrected chi connectivity index (χ2v) is 10.5. The van der Waals surface area contributed by atoms with Crippen molar-refractivity contribution in [3.8, 4) is 5.75 Å². The van der Waals surface area contributed by atoms with E-state index in [0.717, 1.165) is 20.1 Å². The molecule has 0 bridgehead atoms. The molecule has 0 saturated carbocycles. The second kappa shape index (κ2) is 8.84. The molecule has 3 aromatic carbocycles. The maximum absolute atomic E-state index is 13.3. The van der Waals surface area contributed by atoms with Crippen molar-refractivity contribution < 1.29 is 17.9 Å². The summed E-state index contributed by atoms with van der Waals surface area (Å²) >= 11 is 1.37. The number of rotatable bonds is 6. The number of sulfonamides is 1. The first-order valence-electron chi connectivity index (χ1n) is 10.1. The first-order valence-corrected chi connectivity index (χ1v) is 12.4. The van der Waals surface area contributed by atoms with Crippen molar-refractivity contribution in [2.24, 2.45) is 0 Å². The molecule has 170 valence electrons. The number of aromatic nitrogens is 1. The molecule has 0 aliphatic carbocycles. The number of fused-ring (bicyclic) bond motifs is 1. The van der Waals surface area contributed by atoms with E-state index in [4.69, 9.17) is 4.74 Å². The largest absolute Gasteiger partial charge is 0.495 e. The van der Waals surface area contributed by atoms with Crippen molar-refractivity contribution in [1.82, 2.24) is 4.98 Å². The molecule has 0 spiro atoms. The van der Waals surface area contributed by atoms with Crippen LogP contribution in [0.2, 0.25) is 0 Å². The van der Waals surface area contributed by atoms with Gasteiger partial charge < -0.3 is 4.74 Å². The maximum Gasteiger partial charge on any atom is 0.264 e. The minimum atomic E-state index is -3.94. The molecule has 0 radical (unpaired) electrons. The number of anilines is 2. The normalized spacial score (nSPS) is 11.4. The van der Waals surface area contributed by atoms with Crippen LogP contribution in [0, 0.1) is 13.8 Å². The van der Waals surface area contributed by atoms with Crippen LogP contribution in [-0.2, 0) is 10.0 Å². The minimum Gasteiger partial charge on any atom is -0.495 e. The number of carbonyl (C=O) groups excluding carboxylic acids is 1. The molecule has 7 nitrogen and oxygen atoms in total. The van der Waals surface area contributed by atoms with E-state index in [-0.39, 0.29) is 10.5 Å². The summed E-state index contributed by atoms with van der Waals surface area (Å²) in [7, 11) is -0.998. The number of nitrogens with zero attached hydrogens (tertiary/aromatic N) is 2. The van der Waals surface area contributed by atoms with Crippen LogP contribution in [0.5, 0.6) is 5.75 Å². The van der Waals surface area contributed by atoms with Crippen LogP contribution in [0.15, 0.2) is 65.6 Å². The fraction of sp³-hybridized carbons (Fsp3) is 0.167. The molecule has 0 fully saturated rings. The number of ether oxygens (including phenoxy) is 1. The van der Waals surface area contributed by atoms with Gasteiger partial charge >= 0.3 is 0 Å². The average Bonchev–Trinajstić information content (AvgIpc) is 3.22. The van der Waals surface area contributed by atoms with Gasteiger partial charge in [-0.25, -0.2) is 13.4 Å². The standard InChI is InChI=1S/C24H23N3O4S2/c1-15-12-13-17(33(29,30)27(3)19-9-5-6-10-20(19)31-4)14-18(15)23(28)26-24-25-22-16(2)8-7-11-21(22)32-24/h5-14H,1-4H3,(H,25,26,28). The van der Waals surface area contributed by atoms with Crippen molar-refractivity contribution >= 4 is 48.3 Å². The van der Waals surface area contributed by atoms with Crippen LogP contribution in [0.1, 0.15) is 21.5 Å². The number of para-hydroxylation sites is 3. The van der Waals surface area contributed by atoms with E-state index >= 15 is 0 Å². The molecule has 0 atom stereocenters. The molecule has 0 aliphatic heterocycles. The molecule has 1 heterocycles. The second-order valence-electron chi connectivity index (χ2n) is 7.52. The Bertz CT molecular complexity index is 1460. The molecule has 9 heteroatoms. The van der Waals surface area contributed by atoms with Crippen LogP contribution in [-0.4, -0.2) is 33.5 Å². The lowest BCUT2D eigenvalue weighted by Gasteiger charge is -2.22. The maximum atomic E-state index is 13.3. The van der Waals surface area contributed by atoms with Crippen molar-refractivity contribution in [2.75, 3.05) is 23.8 Å². The van der Waals surface area contributed by atoms with Gasteiger partial charge in [0.15, 0.2) is 5.13 Å². The quantitative estimate of drug-likeness (QED) is 0.419. The third kappa shape index (κ3) is 4.29. The van der Waals surface area contributed by atoms with Crippen LogP contribution in [0.4, 0.5) is 10.8 Å². The number of benzene rings is 3. The number of carbonyl (C=O) groups is 1. The molecule has 1 aromatic heterocycles. The van der Waals surface area contributed by atoms with E-state index in [1.807, 2.05) is 25.1 Å². The van der Waals surface area contributed by atoms with Gasteiger partial charge in [0.25, 0.3) is 15.9 Å². The van der Waals surface area contributed by atoms with Crippen LogP contribution in [0.3, 0.4) is 0 Å². The highest BCUT2D eigenvalue weighted by Crippen LogP contribution is 2.32. The van der Waals surface area contributed by atoms with E-state index in [0.29, 0.717) is 22.1 Å². The summed E-state index contributed by atoms with van der Waals surface area (Å²) in [6.07, 6.45) is 0. The third-order valence-electron chi connectivity index (χ3n) is 5.38. The Morgan fingerprint density at radius 3 is 2.52 bits per heavy atom. The van der Waals surface area contributed by atoms with Crippen LogP contribution in [0.25, 0.3) is 10.2 Å². The summed E-state index contributed by atoms with van der Waals surface area (Å²) < 4.78 is 34.1. The molecule has 1 amide bonds. The summed E-state index contributed by atoms with van der Waals surface area (Å²) in [5.74, 6) is 0.0148. The van der Waals surface area contributed by atoms with E-state index in [2.05, 4.69) is 10.3 Å². The highest BCUT2D eigenvalue weighted by atomic mass is 32.2. The molecule has 0 aliphatic rings. The fourth-order valence-corrected chi connectivity index (χ4v) is 5.66. The van der Waals surface area contributed by atoms with Gasteiger partial charge in [-0.3, -0.25) is 14.4 Å². The molecule has 0 unspecified atom stereocenters. The van der Waals surface area contributed by atoms with E-state index < -0.39 is 15.9 Å². The Morgan fingerprint density at radius 1 is 1.03 bits per heavy atom. The number of hydrogen-bond acceptors (Lipinski definition) is 6. The number of methoxy groups -OCH3 is 1. The van der Waals surface area contributed by atoms with Gasteiger partial charge in [-0.05, 0) is 55.3 Å². The summed E-state index contributed by atoms with van der Waals surface area (Å²) in [6.45, 7) is 3.72. The number of hydrogen-bond donors (Lipinski definition) is 1. The Balaban J connectivity index is 1.66. The van der Waals surface area contributed by atoms with Crippen molar-refractivity contribution in [3.05, 3.63) is 77.4 Å². The first-order chi connectivity index (χ1) is 15.7. The van der Waals surface area contributed by atoms with Gasteiger partial charge in [-0.2, -0.15) is 0 Å². The lowest BCUT2D eigenvalue weighted by Crippen LogP contribution is -2.27. The number of aryl methyl sites for hydroxylation is 2. The molecule has 33 heavy (non-hydrogen) atoms. The average molecular weight is 482 g/mol. The van der Waals surface area contributed by atoms with E-state index in [1.165, 1.54) is 37.6 Å². The first kappa shape index (κ1) is 22.8. The summed E-state index contributed by atoms with van der Waals surface area (Å²) in [6, 6.07) is 17.2. The molecule has 4 rings (SSSR count). The van der Waals surface area contributed by atoms with Gasteiger partial charge in [0.1, 0.15) is 5.75 Å². The zero-order valence-corrected chi connectivity index (χ0v) is 20.3. The molecular formula is C24H23N3O4S2. The van der Waals surface area contributed by atoms with E-state index in [1.54, 1.807) is 37.3 Å². The molecular weight excluding hydrogens is 458 g/mol. The molecule has 1 N–H and O–H groups in total. The minimum absolute atomic E-state index is 0.00630. The predicted molar refractivity (Wildman–Crippen MR) is 132 cm³/mol. The zero-order chi connectivity index (χ0) is 23.8. The van der Waals surface area contributed by atoms with Gasteiger partial charge in [0.05, 0.1) is 27.9 Å². The fourth-order valence-electron chi connectivity index (χ4n) is 3.49. The SMILES string of the molecule is COc1ccccc1N(C)S(=O)(=O)c1ccc(C)c(C(=O)Nc2nc3c(C)cccc3s2)c1. The van der Waals surface area contributed by atoms with Gasteiger partial charge in [0, 0.05) is 12.6 Å². The van der Waals surface area contributed by atoms with Crippen molar-refractivity contribution in [3.63, 3.8) is 0 Å². The summed E-state index contributed by atoms with van der Waals surface area (Å²) in [5, 5.41) is 3.27. The number of nitrogens with one attached hydrogen (secondary N) is 1. The summed E-state index contributed by atoms with van der Waals surface area (Å²) in [4.78, 5) is 17.6. The highest BCUT2D eigenvalue weighted by molar-refractivity contribution is 7.92. The monoisotopic (exact) mass is 481 g/mol. The van der Waals surface area contributed by atoms with Crippen molar-refractivity contribution in [2.45, 2.75) is 18.7 Å². The van der Waals surface area contributed by atoms with Crippen LogP contribution >= 0.6 is 11.3 Å². The Kier molecular flexibility index (Phi) is 6.09. The smallest absolute Gasteiger partial charge is 0.264 e. The Morgan fingerprint density at radius 2 is 1.79 bits per heavy atom. The lowest BCUT2D eigenvalue weighted by molar-refractivity contribution is 0.102. The number of thiazole rings is 1. The van der Waals surface area contributed by atoms with E-state index in [9.17, 15) is 13.2 Å². The van der Waals surface area contributed by atoms with Crippen molar-refractivity contribution in [1.29, 1.82) is 0 Å². The third-order valence-corrected chi connectivity index (χ3v) is 8.08. The highest BCUT2D eigenvalue weighted by Gasteiger charge is 2.25. The zero-order valence-electron chi connectivity index (χ0n) is 18.6. The molecule has 0 saturated heterocycles. The molecule has 4 aromatic rings. The predicted octanol–water partition coefficient (Wildman–Crippen LogP) is 5.00. The van der Waals surface area contributed by atoms with Gasteiger partial charge in [-0.15, -0.1) is 0 Å². The topological polar surface area (TPSA) is 88.6 Å². The Labute approximate surface area is 196 Å². The van der Waals surface area contributed by atoms with Crippen LogP contribution < -0.4 is 14.4 Å². The lowest BCUT2D eigenvalue weighted by atomic mass is 10.1.